The molecular formula is C16H11NOS. The van der Waals surface area contributed by atoms with E-state index in [9.17, 15) is 4.79 Å². The minimum atomic E-state index is 0.0185. The normalized spacial score (nSPS) is 11.2. The van der Waals surface area contributed by atoms with Crippen LogP contribution in [0.5, 0.6) is 0 Å². The van der Waals surface area contributed by atoms with Gasteiger partial charge in [0.25, 0.3) is 0 Å². The average molecular weight is 265 g/mol. The predicted octanol–water partition coefficient (Wildman–Crippen LogP) is 4.19. The number of hydrogen-bond acceptors (Lipinski definition) is 3. The highest BCUT2D eigenvalue weighted by Crippen LogP contribution is 2.14. The minimum absolute atomic E-state index is 0.0185. The third-order valence-electron chi connectivity index (χ3n) is 2.79. The summed E-state index contributed by atoms with van der Waals surface area (Å²) in [5.74, 6) is 0.0185. The van der Waals surface area contributed by atoms with Crippen molar-refractivity contribution in [1.82, 2.24) is 4.98 Å². The van der Waals surface area contributed by atoms with E-state index < -0.39 is 0 Å². The molecule has 1 aromatic carbocycles. The van der Waals surface area contributed by atoms with Crippen LogP contribution in [0.1, 0.15) is 15.4 Å². The Bertz CT molecular complexity index is 744. The first-order valence-corrected chi connectivity index (χ1v) is 6.82. The van der Waals surface area contributed by atoms with Crippen LogP contribution in [0.15, 0.2) is 60.0 Å². The molecule has 0 aliphatic carbocycles. The summed E-state index contributed by atoms with van der Waals surface area (Å²) in [7, 11) is 0. The number of pyridine rings is 1. The molecule has 0 saturated heterocycles. The predicted molar refractivity (Wildman–Crippen MR) is 79.4 cm³/mol. The van der Waals surface area contributed by atoms with Gasteiger partial charge in [-0.25, -0.2) is 4.98 Å². The lowest BCUT2D eigenvalue weighted by atomic mass is 10.2. The number of hydrogen-bond donors (Lipinski definition) is 0. The van der Waals surface area contributed by atoms with Crippen molar-refractivity contribution in [3.8, 4) is 0 Å². The number of benzene rings is 1. The highest BCUT2D eigenvalue weighted by atomic mass is 32.1. The van der Waals surface area contributed by atoms with E-state index in [1.807, 2.05) is 53.9 Å². The Morgan fingerprint density at radius 1 is 1.05 bits per heavy atom. The lowest BCUT2D eigenvalue weighted by Gasteiger charge is -1.98. The topological polar surface area (TPSA) is 30.0 Å². The maximum Gasteiger partial charge on any atom is 0.195 e. The molecule has 0 N–H and O–H groups in total. The summed E-state index contributed by atoms with van der Waals surface area (Å²) < 4.78 is 0. The minimum Gasteiger partial charge on any atom is -0.288 e. The van der Waals surface area contributed by atoms with Gasteiger partial charge in [0, 0.05) is 5.39 Å². The average Bonchev–Trinajstić information content (AvgIpc) is 2.99. The van der Waals surface area contributed by atoms with Crippen LogP contribution in [0.3, 0.4) is 0 Å². The lowest BCUT2D eigenvalue weighted by Crippen LogP contribution is -1.89. The van der Waals surface area contributed by atoms with Gasteiger partial charge in [-0.15, -0.1) is 11.3 Å². The van der Waals surface area contributed by atoms with E-state index in [0.29, 0.717) is 0 Å². The Morgan fingerprint density at radius 3 is 2.79 bits per heavy atom. The van der Waals surface area contributed by atoms with Crippen molar-refractivity contribution in [2.75, 3.05) is 0 Å². The second-order valence-electron chi connectivity index (χ2n) is 4.10. The van der Waals surface area contributed by atoms with Gasteiger partial charge in [0.05, 0.1) is 16.1 Å². The summed E-state index contributed by atoms with van der Waals surface area (Å²) in [6.07, 6.45) is 3.33. The van der Waals surface area contributed by atoms with Gasteiger partial charge in [0.1, 0.15) is 0 Å². The summed E-state index contributed by atoms with van der Waals surface area (Å²) in [5.41, 5.74) is 1.73. The van der Waals surface area contributed by atoms with Crippen molar-refractivity contribution in [1.29, 1.82) is 0 Å². The van der Waals surface area contributed by atoms with Gasteiger partial charge in [0.15, 0.2) is 5.78 Å². The maximum absolute atomic E-state index is 11.8. The maximum atomic E-state index is 11.8. The van der Waals surface area contributed by atoms with E-state index >= 15 is 0 Å². The van der Waals surface area contributed by atoms with Crippen molar-refractivity contribution >= 4 is 34.1 Å². The fourth-order valence-electron chi connectivity index (χ4n) is 1.84. The van der Waals surface area contributed by atoms with Gasteiger partial charge in [-0.05, 0) is 35.7 Å². The number of carbonyl (C=O) groups is 1. The number of nitrogens with zero attached hydrogens (tertiary/aromatic N) is 1. The van der Waals surface area contributed by atoms with Crippen LogP contribution in [0.4, 0.5) is 0 Å². The Balaban J connectivity index is 1.87. The summed E-state index contributed by atoms with van der Waals surface area (Å²) in [5, 5.41) is 3.00. The molecule has 0 unspecified atom stereocenters. The third-order valence-corrected chi connectivity index (χ3v) is 3.67. The number of thiophene rings is 1. The molecule has 92 valence electrons. The number of rotatable bonds is 3. The molecule has 0 bridgehead atoms. The molecule has 0 fully saturated rings. The first-order chi connectivity index (χ1) is 9.33. The van der Waals surface area contributed by atoms with Gasteiger partial charge >= 0.3 is 0 Å². The molecule has 0 aliphatic heterocycles. The lowest BCUT2D eigenvalue weighted by molar-refractivity contribution is 0.105. The standard InChI is InChI=1S/C16H11NOS/c18-15(16-6-3-11-19-16)10-9-13-8-7-12-4-1-2-5-14(12)17-13/h1-11H/b10-9+. The zero-order chi connectivity index (χ0) is 13.1. The summed E-state index contributed by atoms with van der Waals surface area (Å²) in [6.45, 7) is 0. The summed E-state index contributed by atoms with van der Waals surface area (Å²) in [6, 6.07) is 15.6. The number of allylic oxidation sites excluding steroid dienone is 1. The molecule has 0 saturated carbocycles. The van der Waals surface area contributed by atoms with Crippen LogP contribution in [0.2, 0.25) is 0 Å². The zero-order valence-corrected chi connectivity index (χ0v) is 10.9. The quantitative estimate of drug-likeness (QED) is 0.525. The van der Waals surface area contributed by atoms with Gasteiger partial charge in [-0.3, -0.25) is 4.79 Å². The molecule has 3 heteroatoms. The van der Waals surface area contributed by atoms with Crippen LogP contribution in [-0.4, -0.2) is 10.8 Å². The number of para-hydroxylation sites is 1. The van der Waals surface area contributed by atoms with Gasteiger partial charge < -0.3 is 0 Å². The molecule has 0 spiro atoms. The molecule has 3 rings (SSSR count). The summed E-state index contributed by atoms with van der Waals surface area (Å²) >= 11 is 1.45. The smallest absolute Gasteiger partial charge is 0.195 e. The van der Waals surface area contributed by atoms with Gasteiger partial charge in [-0.2, -0.15) is 0 Å². The third kappa shape index (κ3) is 2.61. The van der Waals surface area contributed by atoms with Crippen molar-refractivity contribution in [2.45, 2.75) is 0 Å². The van der Waals surface area contributed by atoms with Crippen molar-refractivity contribution < 1.29 is 4.79 Å². The second kappa shape index (κ2) is 5.16. The number of ketones is 1. The molecule has 0 amide bonds. The first kappa shape index (κ1) is 11.8. The fourth-order valence-corrected chi connectivity index (χ4v) is 2.48. The van der Waals surface area contributed by atoms with E-state index in [2.05, 4.69) is 4.98 Å². The highest BCUT2D eigenvalue weighted by molar-refractivity contribution is 7.12. The molecule has 19 heavy (non-hydrogen) atoms. The van der Waals surface area contributed by atoms with Gasteiger partial charge in [0.2, 0.25) is 0 Å². The monoisotopic (exact) mass is 265 g/mol. The number of aromatic nitrogens is 1. The van der Waals surface area contributed by atoms with Gasteiger partial charge in [-0.1, -0.05) is 30.3 Å². The Kier molecular flexibility index (Phi) is 3.21. The van der Waals surface area contributed by atoms with Crippen LogP contribution in [0, 0.1) is 0 Å². The Labute approximate surface area is 115 Å². The van der Waals surface area contributed by atoms with Crippen LogP contribution < -0.4 is 0 Å². The largest absolute Gasteiger partial charge is 0.288 e. The van der Waals surface area contributed by atoms with Crippen molar-refractivity contribution in [3.63, 3.8) is 0 Å². The van der Waals surface area contributed by atoms with Crippen molar-refractivity contribution in [3.05, 3.63) is 70.6 Å². The van der Waals surface area contributed by atoms with E-state index in [1.54, 1.807) is 12.2 Å². The zero-order valence-electron chi connectivity index (χ0n) is 10.1. The van der Waals surface area contributed by atoms with E-state index in [4.69, 9.17) is 0 Å². The van der Waals surface area contributed by atoms with E-state index in [-0.39, 0.29) is 5.78 Å². The Morgan fingerprint density at radius 2 is 1.95 bits per heavy atom. The number of fused-ring (bicyclic) bond motifs is 1. The molecule has 0 radical (unpaired) electrons. The molecule has 2 heterocycles. The molecule has 2 nitrogen and oxygen atoms in total. The van der Waals surface area contributed by atoms with E-state index in [1.165, 1.54) is 11.3 Å². The number of carbonyl (C=O) groups excluding carboxylic acids is 1. The summed E-state index contributed by atoms with van der Waals surface area (Å²) in [4.78, 5) is 17.1. The SMILES string of the molecule is O=C(/C=C/c1ccc2ccccc2n1)c1cccs1. The van der Waals surface area contributed by atoms with E-state index in [0.717, 1.165) is 21.5 Å². The molecule has 2 aromatic heterocycles. The molecular weight excluding hydrogens is 254 g/mol. The molecule has 0 atom stereocenters. The van der Waals surface area contributed by atoms with Crippen LogP contribution in [-0.2, 0) is 0 Å². The van der Waals surface area contributed by atoms with Crippen LogP contribution in [0.25, 0.3) is 17.0 Å². The van der Waals surface area contributed by atoms with Crippen LogP contribution >= 0.6 is 11.3 Å². The molecule has 3 aromatic rings. The Hall–Kier alpha value is -2.26. The fraction of sp³-hybridized carbons (Fsp3) is 0. The highest BCUT2D eigenvalue weighted by Gasteiger charge is 2.02. The first-order valence-electron chi connectivity index (χ1n) is 5.95. The van der Waals surface area contributed by atoms with Crippen molar-refractivity contribution in [2.24, 2.45) is 0 Å². The second-order valence-corrected chi connectivity index (χ2v) is 5.05. The molecule has 0 aliphatic rings.